The first-order valence-corrected chi connectivity index (χ1v) is 9.93. The number of likely N-dealkylation sites (N-methyl/N-ethyl adjacent to an activating group) is 1. The molecular weight excluding hydrogens is 423 g/mol. The summed E-state index contributed by atoms with van der Waals surface area (Å²) in [5, 5.41) is 12.2. The molecule has 2 aromatic carbocycles. The number of nitrogens with zero attached hydrogens (tertiary/aromatic N) is 3. The molecule has 0 aliphatic carbocycles. The van der Waals surface area contributed by atoms with Gasteiger partial charge in [0.2, 0.25) is 11.8 Å². The summed E-state index contributed by atoms with van der Waals surface area (Å²) in [6.45, 7) is -0.229. The molecule has 9 heteroatoms. The van der Waals surface area contributed by atoms with Crippen molar-refractivity contribution in [2.24, 2.45) is 5.92 Å². The lowest BCUT2D eigenvalue weighted by Crippen LogP contribution is -2.43. The van der Waals surface area contributed by atoms with Crippen LogP contribution in [0.2, 0.25) is 5.02 Å². The highest BCUT2D eigenvalue weighted by Crippen LogP contribution is 2.25. The van der Waals surface area contributed by atoms with Crippen LogP contribution >= 0.6 is 11.6 Å². The molecule has 1 heterocycles. The minimum Gasteiger partial charge on any atom is -0.332 e. The van der Waals surface area contributed by atoms with Crippen molar-refractivity contribution in [3.05, 3.63) is 64.9 Å². The Balaban J connectivity index is 1.64. The lowest BCUT2D eigenvalue weighted by atomic mass is 10.1. The number of anilines is 1. The van der Waals surface area contributed by atoms with Crippen LogP contribution in [0.5, 0.6) is 0 Å². The number of carbonyl (C=O) groups excluding carboxylic acids is 3. The van der Waals surface area contributed by atoms with Gasteiger partial charge in [-0.15, -0.1) is 0 Å². The second-order valence-corrected chi connectivity index (χ2v) is 7.67. The Bertz CT molecular complexity index is 1040. The fourth-order valence-corrected chi connectivity index (χ4v) is 3.67. The molecule has 1 saturated heterocycles. The minimum absolute atomic E-state index is 0.0574. The number of rotatable bonds is 5. The van der Waals surface area contributed by atoms with Gasteiger partial charge in [0.15, 0.2) is 0 Å². The summed E-state index contributed by atoms with van der Waals surface area (Å²) in [5.74, 6) is -2.40. The van der Waals surface area contributed by atoms with Crippen molar-refractivity contribution in [2.75, 3.05) is 25.5 Å². The second-order valence-electron chi connectivity index (χ2n) is 7.26. The molecule has 1 aliphatic heterocycles. The zero-order chi connectivity index (χ0) is 22.5. The topological polar surface area (TPSA) is 93.5 Å². The van der Waals surface area contributed by atoms with Crippen molar-refractivity contribution in [1.29, 1.82) is 5.26 Å². The number of halogens is 2. The highest BCUT2D eigenvalue weighted by atomic mass is 35.5. The van der Waals surface area contributed by atoms with E-state index >= 15 is 0 Å². The van der Waals surface area contributed by atoms with Gasteiger partial charge >= 0.3 is 0 Å². The van der Waals surface area contributed by atoms with E-state index in [4.69, 9.17) is 11.6 Å². The average molecular weight is 443 g/mol. The predicted octanol–water partition coefficient (Wildman–Crippen LogP) is 2.93. The Morgan fingerprint density at radius 1 is 1.26 bits per heavy atom. The molecule has 7 nitrogen and oxygen atoms in total. The van der Waals surface area contributed by atoms with E-state index in [1.807, 2.05) is 6.07 Å². The number of hydrogen-bond donors (Lipinski definition) is 1. The number of para-hydroxylation sites is 1. The lowest BCUT2D eigenvalue weighted by molar-refractivity contribution is -0.131. The summed E-state index contributed by atoms with van der Waals surface area (Å²) in [6, 6.07) is 13.6. The van der Waals surface area contributed by atoms with E-state index in [0.29, 0.717) is 5.69 Å². The molecule has 1 fully saturated rings. The number of hydrogen-bond acceptors (Lipinski definition) is 4. The van der Waals surface area contributed by atoms with Crippen molar-refractivity contribution >= 4 is 35.0 Å². The van der Waals surface area contributed by atoms with Gasteiger partial charge in [0, 0.05) is 19.3 Å². The van der Waals surface area contributed by atoms with Crippen molar-refractivity contribution in [2.45, 2.75) is 12.5 Å². The van der Waals surface area contributed by atoms with E-state index in [9.17, 15) is 24.0 Å². The standard InChI is InChI=1S/C22H20ClFN4O3/c1-27(22(31)18-8-7-15(24)10-19(18)23)13-20(29)28-12-14(9-17(28)11-25)21(30)26-16-5-3-2-4-6-16/h2-8,10,14,17H,9,12-13H2,1H3,(H,26,30). The third-order valence-electron chi connectivity index (χ3n) is 5.06. The van der Waals surface area contributed by atoms with Crippen LogP contribution in [0.1, 0.15) is 16.8 Å². The molecule has 1 aliphatic rings. The maximum absolute atomic E-state index is 13.2. The van der Waals surface area contributed by atoms with Crippen LogP contribution in [0.4, 0.5) is 10.1 Å². The summed E-state index contributed by atoms with van der Waals surface area (Å²) in [5.41, 5.74) is 0.698. The van der Waals surface area contributed by atoms with Gasteiger partial charge in [0.1, 0.15) is 11.9 Å². The van der Waals surface area contributed by atoms with Gasteiger partial charge in [-0.3, -0.25) is 14.4 Å². The fraction of sp³-hybridized carbons (Fsp3) is 0.273. The van der Waals surface area contributed by atoms with Crippen molar-refractivity contribution < 1.29 is 18.8 Å². The molecule has 0 radical (unpaired) electrons. The zero-order valence-corrected chi connectivity index (χ0v) is 17.5. The van der Waals surface area contributed by atoms with E-state index in [0.717, 1.165) is 17.0 Å². The molecule has 0 bridgehead atoms. The summed E-state index contributed by atoms with van der Waals surface area (Å²) in [7, 11) is 1.41. The van der Waals surface area contributed by atoms with Crippen LogP contribution in [0.25, 0.3) is 0 Å². The summed E-state index contributed by atoms with van der Waals surface area (Å²) in [6.07, 6.45) is 0.211. The summed E-state index contributed by atoms with van der Waals surface area (Å²) < 4.78 is 13.2. The van der Waals surface area contributed by atoms with Crippen LogP contribution in [-0.4, -0.2) is 53.7 Å². The first-order valence-electron chi connectivity index (χ1n) is 9.55. The smallest absolute Gasteiger partial charge is 0.255 e. The van der Waals surface area contributed by atoms with Gasteiger partial charge in [-0.1, -0.05) is 29.8 Å². The summed E-state index contributed by atoms with van der Waals surface area (Å²) >= 11 is 5.93. The Morgan fingerprint density at radius 3 is 2.61 bits per heavy atom. The second kappa shape index (κ2) is 9.58. The van der Waals surface area contributed by atoms with Gasteiger partial charge in [-0.2, -0.15) is 5.26 Å². The number of carbonyl (C=O) groups is 3. The Labute approximate surface area is 184 Å². The highest BCUT2D eigenvalue weighted by Gasteiger charge is 2.39. The van der Waals surface area contributed by atoms with Crippen molar-refractivity contribution in [3.8, 4) is 6.07 Å². The van der Waals surface area contributed by atoms with Gasteiger partial charge in [0.05, 0.1) is 29.1 Å². The predicted molar refractivity (Wildman–Crippen MR) is 113 cm³/mol. The van der Waals surface area contributed by atoms with Gasteiger partial charge in [-0.25, -0.2) is 4.39 Å². The number of nitrogens with one attached hydrogen (secondary N) is 1. The number of nitriles is 1. The SMILES string of the molecule is CN(CC(=O)N1CC(C(=O)Nc2ccccc2)CC1C#N)C(=O)c1ccc(F)cc1Cl. The molecule has 0 aromatic heterocycles. The first-order chi connectivity index (χ1) is 14.8. The molecule has 2 aromatic rings. The Hall–Kier alpha value is -3.44. The van der Waals surface area contributed by atoms with E-state index in [-0.39, 0.29) is 36.0 Å². The molecule has 0 spiro atoms. The average Bonchev–Trinajstić information content (AvgIpc) is 3.19. The van der Waals surface area contributed by atoms with Crippen molar-refractivity contribution in [1.82, 2.24) is 9.80 Å². The molecule has 31 heavy (non-hydrogen) atoms. The van der Waals surface area contributed by atoms with E-state index < -0.39 is 29.6 Å². The third kappa shape index (κ3) is 5.19. The molecule has 3 rings (SSSR count). The van der Waals surface area contributed by atoms with E-state index in [1.54, 1.807) is 24.3 Å². The Kier molecular flexibility index (Phi) is 6.88. The molecule has 2 unspecified atom stereocenters. The first kappa shape index (κ1) is 22.2. The van der Waals surface area contributed by atoms with Gasteiger partial charge in [0.25, 0.3) is 5.91 Å². The van der Waals surface area contributed by atoms with Gasteiger partial charge < -0.3 is 15.1 Å². The van der Waals surface area contributed by atoms with Crippen molar-refractivity contribution in [3.63, 3.8) is 0 Å². The number of likely N-dealkylation sites (tertiary alicyclic amines) is 1. The number of benzene rings is 2. The third-order valence-corrected chi connectivity index (χ3v) is 5.38. The monoisotopic (exact) mass is 442 g/mol. The fourth-order valence-electron chi connectivity index (χ4n) is 3.42. The molecule has 2 atom stereocenters. The maximum atomic E-state index is 13.2. The Morgan fingerprint density at radius 2 is 1.97 bits per heavy atom. The van der Waals surface area contributed by atoms with E-state index in [1.165, 1.54) is 18.0 Å². The molecule has 0 saturated carbocycles. The summed E-state index contributed by atoms with van der Waals surface area (Å²) in [4.78, 5) is 40.4. The van der Waals surface area contributed by atoms with Crippen LogP contribution < -0.4 is 5.32 Å². The minimum atomic E-state index is -0.767. The highest BCUT2D eigenvalue weighted by molar-refractivity contribution is 6.33. The van der Waals surface area contributed by atoms with Crippen LogP contribution in [-0.2, 0) is 9.59 Å². The van der Waals surface area contributed by atoms with Crippen LogP contribution in [0.3, 0.4) is 0 Å². The quantitative estimate of drug-likeness (QED) is 0.770. The zero-order valence-electron chi connectivity index (χ0n) is 16.7. The molecule has 1 N–H and O–H groups in total. The largest absolute Gasteiger partial charge is 0.332 e. The molecular formula is C22H20ClFN4O3. The normalized spacial score (nSPS) is 17.7. The van der Waals surface area contributed by atoms with Gasteiger partial charge in [-0.05, 0) is 36.8 Å². The van der Waals surface area contributed by atoms with Crippen LogP contribution in [0.15, 0.2) is 48.5 Å². The maximum Gasteiger partial charge on any atom is 0.255 e. The number of amides is 3. The van der Waals surface area contributed by atoms with Crippen LogP contribution in [0, 0.1) is 23.1 Å². The molecule has 3 amide bonds. The van der Waals surface area contributed by atoms with E-state index in [2.05, 4.69) is 11.4 Å². The molecule has 160 valence electrons. The lowest BCUT2D eigenvalue weighted by Gasteiger charge is -2.24.